The van der Waals surface area contributed by atoms with E-state index in [4.69, 9.17) is 0 Å². The van der Waals surface area contributed by atoms with Gasteiger partial charge in [-0.15, -0.1) is 5.10 Å². The SMILES string of the molecule is O=c1c2ccccc2nc2c3ccccc3c(N/N=C/c3ccc([N+](=O)[O-])cc3)nn12. The molecule has 0 radical (unpaired) electrons. The molecule has 0 unspecified atom stereocenters. The number of fused-ring (bicyclic) bond motifs is 4. The average molecular weight is 410 g/mol. The minimum atomic E-state index is -0.459. The second kappa shape index (κ2) is 7.30. The van der Waals surface area contributed by atoms with Crippen molar-refractivity contribution in [2.75, 3.05) is 5.43 Å². The van der Waals surface area contributed by atoms with Crippen LogP contribution in [-0.4, -0.2) is 25.7 Å². The van der Waals surface area contributed by atoms with Crippen molar-refractivity contribution in [3.05, 3.63) is 98.8 Å². The standard InChI is InChI=1S/C22H14N6O3/c29-22-18-7-3-4-8-19(18)24-21-17-6-2-1-5-16(17)20(26-27(21)22)25-23-13-14-9-11-15(12-10-14)28(30)31/h1-13H,(H,25,26)/b23-13+. The summed E-state index contributed by atoms with van der Waals surface area (Å²) in [6.45, 7) is 0. The van der Waals surface area contributed by atoms with Gasteiger partial charge < -0.3 is 0 Å². The molecule has 150 valence electrons. The molecule has 0 bridgehead atoms. The molecule has 0 aliphatic carbocycles. The normalized spacial score (nSPS) is 11.5. The molecular formula is C22H14N6O3. The number of nitro groups is 1. The van der Waals surface area contributed by atoms with Crippen LogP contribution in [-0.2, 0) is 0 Å². The van der Waals surface area contributed by atoms with E-state index in [1.165, 1.54) is 22.9 Å². The number of hydrogen-bond donors (Lipinski definition) is 1. The molecule has 0 saturated carbocycles. The van der Waals surface area contributed by atoms with Crippen molar-refractivity contribution in [3.63, 3.8) is 0 Å². The Morgan fingerprint density at radius 3 is 2.35 bits per heavy atom. The van der Waals surface area contributed by atoms with E-state index >= 15 is 0 Å². The lowest BCUT2D eigenvalue weighted by Crippen LogP contribution is -2.19. The Hall–Kier alpha value is -4.66. The summed E-state index contributed by atoms with van der Waals surface area (Å²) < 4.78 is 1.27. The second-order valence-electron chi connectivity index (χ2n) is 6.78. The van der Waals surface area contributed by atoms with Crippen molar-refractivity contribution >= 4 is 45.0 Å². The molecule has 31 heavy (non-hydrogen) atoms. The van der Waals surface area contributed by atoms with Gasteiger partial charge in [0.25, 0.3) is 11.2 Å². The zero-order valence-electron chi connectivity index (χ0n) is 16.0. The van der Waals surface area contributed by atoms with Gasteiger partial charge in [0.15, 0.2) is 11.5 Å². The van der Waals surface area contributed by atoms with Crippen LogP contribution in [0.1, 0.15) is 5.56 Å². The maximum atomic E-state index is 13.0. The van der Waals surface area contributed by atoms with Gasteiger partial charge in [0.1, 0.15) is 0 Å². The number of aromatic nitrogens is 3. The topological polar surface area (TPSA) is 115 Å². The van der Waals surface area contributed by atoms with Crippen LogP contribution in [0.3, 0.4) is 0 Å². The molecule has 2 aromatic heterocycles. The number of benzene rings is 3. The van der Waals surface area contributed by atoms with Gasteiger partial charge in [0.05, 0.1) is 22.0 Å². The van der Waals surface area contributed by atoms with E-state index in [2.05, 4.69) is 20.6 Å². The maximum absolute atomic E-state index is 13.0. The highest BCUT2D eigenvalue weighted by Gasteiger charge is 2.13. The second-order valence-corrected chi connectivity index (χ2v) is 6.78. The molecule has 5 rings (SSSR count). The highest BCUT2D eigenvalue weighted by Crippen LogP contribution is 2.24. The molecule has 0 amide bonds. The summed E-state index contributed by atoms with van der Waals surface area (Å²) in [5.41, 5.74) is 4.36. The van der Waals surface area contributed by atoms with E-state index in [0.29, 0.717) is 27.9 Å². The average Bonchev–Trinajstić information content (AvgIpc) is 2.80. The monoisotopic (exact) mass is 410 g/mol. The van der Waals surface area contributed by atoms with Crippen LogP contribution in [0.5, 0.6) is 0 Å². The number of non-ortho nitro benzene ring substituents is 1. The van der Waals surface area contributed by atoms with Crippen LogP contribution >= 0.6 is 0 Å². The number of hydrazone groups is 1. The molecular weight excluding hydrogens is 396 g/mol. The van der Waals surface area contributed by atoms with Crippen molar-refractivity contribution in [2.45, 2.75) is 0 Å². The summed E-state index contributed by atoms with van der Waals surface area (Å²) in [6.07, 6.45) is 1.52. The zero-order valence-corrected chi connectivity index (χ0v) is 16.0. The Morgan fingerprint density at radius 2 is 1.61 bits per heavy atom. The summed E-state index contributed by atoms with van der Waals surface area (Å²) in [5.74, 6) is 0.389. The first kappa shape index (κ1) is 18.4. The van der Waals surface area contributed by atoms with Crippen molar-refractivity contribution in [1.82, 2.24) is 14.6 Å². The molecule has 5 aromatic rings. The third kappa shape index (κ3) is 3.23. The van der Waals surface area contributed by atoms with Crippen LogP contribution in [0.25, 0.3) is 27.3 Å². The predicted molar refractivity (Wildman–Crippen MR) is 119 cm³/mol. The molecule has 9 heteroatoms. The van der Waals surface area contributed by atoms with Gasteiger partial charge >= 0.3 is 0 Å². The van der Waals surface area contributed by atoms with Gasteiger partial charge in [-0.1, -0.05) is 36.4 Å². The van der Waals surface area contributed by atoms with Crippen LogP contribution in [0.15, 0.2) is 82.7 Å². The lowest BCUT2D eigenvalue weighted by Gasteiger charge is -2.10. The van der Waals surface area contributed by atoms with E-state index in [9.17, 15) is 14.9 Å². The predicted octanol–water partition coefficient (Wildman–Crippen LogP) is 3.75. The van der Waals surface area contributed by atoms with Crippen molar-refractivity contribution < 1.29 is 4.92 Å². The lowest BCUT2D eigenvalue weighted by atomic mass is 10.1. The quantitative estimate of drug-likeness (QED) is 0.159. The van der Waals surface area contributed by atoms with E-state index in [1.54, 1.807) is 30.3 Å². The number of anilines is 1. The zero-order chi connectivity index (χ0) is 21.4. The molecule has 9 nitrogen and oxygen atoms in total. The Kier molecular flexibility index (Phi) is 4.33. The van der Waals surface area contributed by atoms with Crippen LogP contribution in [0.4, 0.5) is 11.5 Å². The van der Waals surface area contributed by atoms with Crippen LogP contribution < -0.4 is 11.0 Å². The Morgan fingerprint density at radius 1 is 0.935 bits per heavy atom. The van der Waals surface area contributed by atoms with E-state index in [-0.39, 0.29) is 11.2 Å². The highest BCUT2D eigenvalue weighted by atomic mass is 16.6. The first-order valence-corrected chi connectivity index (χ1v) is 9.36. The van der Waals surface area contributed by atoms with E-state index < -0.39 is 4.92 Å². The first-order chi connectivity index (χ1) is 15.1. The van der Waals surface area contributed by atoms with Gasteiger partial charge in [-0.3, -0.25) is 20.3 Å². The molecule has 1 N–H and O–H groups in total. The minimum absolute atomic E-state index is 0.00593. The van der Waals surface area contributed by atoms with Crippen molar-refractivity contribution in [1.29, 1.82) is 0 Å². The van der Waals surface area contributed by atoms with E-state index in [0.717, 1.165) is 10.8 Å². The van der Waals surface area contributed by atoms with Gasteiger partial charge in [-0.2, -0.15) is 9.62 Å². The number of hydrogen-bond acceptors (Lipinski definition) is 7. The Balaban J connectivity index is 1.60. The molecule has 0 aliphatic heterocycles. The third-order valence-electron chi connectivity index (χ3n) is 4.86. The largest absolute Gasteiger partial charge is 0.282 e. The number of rotatable bonds is 4. The summed E-state index contributed by atoms with van der Waals surface area (Å²) in [6, 6.07) is 20.6. The van der Waals surface area contributed by atoms with Crippen LogP contribution in [0.2, 0.25) is 0 Å². The van der Waals surface area contributed by atoms with Gasteiger partial charge in [0.2, 0.25) is 0 Å². The maximum Gasteiger partial charge on any atom is 0.282 e. The highest BCUT2D eigenvalue weighted by molar-refractivity contribution is 6.01. The summed E-state index contributed by atoms with van der Waals surface area (Å²) in [5, 5.41) is 21.4. The van der Waals surface area contributed by atoms with Gasteiger partial charge in [-0.05, 0) is 29.8 Å². The fourth-order valence-electron chi connectivity index (χ4n) is 3.36. The molecule has 2 heterocycles. The smallest absolute Gasteiger partial charge is 0.267 e. The lowest BCUT2D eigenvalue weighted by molar-refractivity contribution is -0.384. The number of nitro benzene ring substituents is 1. The van der Waals surface area contributed by atoms with Crippen LogP contribution in [0, 0.1) is 10.1 Å². The molecule has 0 spiro atoms. The fourth-order valence-corrected chi connectivity index (χ4v) is 3.36. The molecule has 3 aromatic carbocycles. The third-order valence-corrected chi connectivity index (χ3v) is 4.86. The van der Waals surface area contributed by atoms with E-state index in [1.807, 2.05) is 30.3 Å². The van der Waals surface area contributed by atoms with Crippen molar-refractivity contribution in [2.24, 2.45) is 5.10 Å². The van der Waals surface area contributed by atoms with Crippen molar-refractivity contribution in [3.8, 4) is 0 Å². The summed E-state index contributed by atoms with van der Waals surface area (Å²) >= 11 is 0. The van der Waals surface area contributed by atoms with Gasteiger partial charge in [-0.25, -0.2) is 4.98 Å². The Labute approximate surface area is 174 Å². The first-order valence-electron chi connectivity index (χ1n) is 9.36. The molecule has 0 aliphatic rings. The Bertz CT molecular complexity index is 1560. The van der Waals surface area contributed by atoms with Gasteiger partial charge in [0, 0.05) is 22.9 Å². The summed E-state index contributed by atoms with van der Waals surface area (Å²) in [7, 11) is 0. The fraction of sp³-hybridized carbons (Fsp3) is 0. The molecule has 0 atom stereocenters. The summed E-state index contributed by atoms with van der Waals surface area (Å²) in [4.78, 5) is 28.0. The molecule has 0 fully saturated rings. The number of nitrogens with one attached hydrogen (secondary N) is 1. The number of para-hydroxylation sites is 1. The molecule has 0 saturated heterocycles. The minimum Gasteiger partial charge on any atom is -0.267 e. The number of nitrogens with zero attached hydrogens (tertiary/aromatic N) is 5.